The van der Waals surface area contributed by atoms with Crippen molar-refractivity contribution in [3.8, 4) is 0 Å². The summed E-state index contributed by atoms with van der Waals surface area (Å²) in [6.07, 6.45) is 43.7. The molecule has 0 radical (unpaired) electrons. The lowest BCUT2D eigenvalue weighted by atomic mass is 9.99. The minimum atomic E-state index is -0.762. The molecule has 6 heteroatoms. The van der Waals surface area contributed by atoms with Crippen molar-refractivity contribution < 1.29 is 28.6 Å². The fraction of sp³-hybridized carbons (Fsp3) is 0.941. The molecule has 57 heavy (non-hydrogen) atoms. The van der Waals surface area contributed by atoms with Crippen LogP contribution in [-0.4, -0.2) is 37.2 Å². The van der Waals surface area contributed by atoms with E-state index >= 15 is 0 Å². The molecule has 0 aromatic carbocycles. The summed E-state index contributed by atoms with van der Waals surface area (Å²) in [7, 11) is 0. The summed E-state index contributed by atoms with van der Waals surface area (Å²) in [5.74, 6) is 0.807. The SMILES string of the molecule is CCCCCCCCCCCCCCCCCCCC(=O)O[C@H](COC(=O)CCCCCCCCCCC(C)CC)COC(=O)CCCCCCCCC(C)CC. The number of hydrogen-bond donors (Lipinski definition) is 0. The lowest BCUT2D eigenvalue weighted by Crippen LogP contribution is -2.30. The second kappa shape index (κ2) is 44.0. The van der Waals surface area contributed by atoms with Gasteiger partial charge in [0, 0.05) is 19.3 Å². The van der Waals surface area contributed by atoms with E-state index in [-0.39, 0.29) is 31.1 Å². The van der Waals surface area contributed by atoms with Crippen LogP contribution in [0.4, 0.5) is 0 Å². The van der Waals surface area contributed by atoms with E-state index in [1.54, 1.807) is 0 Å². The average molecular weight is 807 g/mol. The summed E-state index contributed by atoms with van der Waals surface area (Å²) in [4.78, 5) is 37.9. The van der Waals surface area contributed by atoms with Crippen molar-refractivity contribution in [1.29, 1.82) is 0 Å². The number of unbranched alkanes of at least 4 members (excludes halogenated alkanes) is 28. The predicted molar refractivity (Wildman–Crippen MR) is 243 cm³/mol. The van der Waals surface area contributed by atoms with Crippen LogP contribution in [-0.2, 0) is 28.6 Å². The molecule has 0 spiro atoms. The Hall–Kier alpha value is -1.59. The van der Waals surface area contributed by atoms with Gasteiger partial charge in [0.25, 0.3) is 0 Å². The summed E-state index contributed by atoms with van der Waals surface area (Å²) in [6.45, 7) is 11.3. The molecule has 2 unspecified atom stereocenters. The fourth-order valence-corrected chi connectivity index (χ4v) is 7.57. The highest BCUT2D eigenvalue weighted by Crippen LogP contribution is 2.18. The molecule has 0 N–H and O–H groups in total. The van der Waals surface area contributed by atoms with Crippen LogP contribution < -0.4 is 0 Å². The van der Waals surface area contributed by atoms with Crippen molar-refractivity contribution in [3.63, 3.8) is 0 Å². The Morgan fingerprint density at radius 2 is 0.614 bits per heavy atom. The molecule has 6 nitrogen and oxygen atoms in total. The minimum absolute atomic E-state index is 0.0653. The number of hydrogen-bond acceptors (Lipinski definition) is 6. The van der Waals surface area contributed by atoms with Crippen LogP contribution in [0, 0.1) is 11.8 Å². The van der Waals surface area contributed by atoms with Gasteiger partial charge < -0.3 is 14.2 Å². The van der Waals surface area contributed by atoms with Gasteiger partial charge in [-0.25, -0.2) is 0 Å². The second-order valence-corrected chi connectivity index (χ2v) is 17.9. The molecule has 0 aliphatic rings. The van der Waals surface area contributed by atoms with E-state index in [0.717, 1.165) is 69.6 Å². The smallest absolute Gasteiger partial charge is 0.306 e. The van der Waals surface area contributed by atoms with Gasteiger partial charge >= 0.3 is 17.9 Å². The molecule has 0 aliphatic carbocycles. The van der Waals surface area contributed by atoms with E-state index in [1.807, 2.05) is 0 Å². The van der Waals surface area contributed by atoms with Gasteiger partial charge in [-0.2, -0.15) is 0 Å². The molecule has 0 amide bonds. The third-order valence-corrected chi connectivity index (χ3v) is 12.2. The summed E-state index contributed by atoms with van der Waals surface area (Å²) < 4.78 is 16.8. The largest absolute Gasteiger partial charge is 0.462 e. The van der Waals surface area contributed by atoms with Crippen molar-refractivity contribution >= 4 is 17.9 Å². The first-order chi connectivity index (χ1) is 27.8. The number of carbonyl (C=O) groups excluding carboxylic acids is 3. The van der Waals surface area contributed by atoms with Gasteiger partial charge in [-0.05, 0) is 31.1 Å². The Kier molecular flexibility index (Phi) is 42.7. The second-order valence-electron chi connectivity index (χ2n) is 17.9. The molecule has 3 atom stereocenters. The first kappa shape index (κ1) is 55.4. The van der Waals surface area contributed by atoms with Crippen molar-refractivity contribution in [2.75, 3.05) is 13.2 Å². The summed E-state index contributed by atoms with van der Waals surface area (Å²) in [5, 5.41) is 0. The van der Waals surface area contributed by atoms with Crippen LogP contribution in [0.5, 0.6) is 0 Å². The summed E-state index contributed by atoms with van der Waals surface area (Å²) in [5.41, 5.74) is 0. The van der Waals surface area contributed by atoms with E-state index in [1.165, 1.54) is 167 Å². The van der Waals surface area contributed by atoms with E-state index in [2.05, 4.69) is 34.6 Å². The first-order valence-corrected chi connectivity index (χ1v) is 25.3. The zero-order valence-electron chi connectivity index (χ0n) is 39.0. The van der Waals surface area contributed by atoms with Crippen molar-refractivity contribution in [2.24, 2.45) is 11.8 Å². The van der Waals surface area contributed by atoms with Gasteiger partial charge in [0.15, 0.2) is 6.10 Å². The van der Waals surface area contributed by atoms with Gasteiger partial charge in [0.05, 0.1) is 0 Å². The van der Waals surface area contributed by atoms with E-state index in [9.17, 15) is 14.4 Å². The van der Waals surface area contributed by atoms with E-state index in [4.69, 9.17) is 14.2 Å². The van der Waals surface area contributed by atoms with Crippen molar-refractivity contribution in [2.45, 2.75) is 285 Å². The maximum atomic E-state index is 12.8. The summed E-state index contributed by atoms with van der Waals surface area (Å²) in [6, 6.07) is 0. The van der Waals surface area contributed by atoms with Gasteiger partial charge in [0.1, 0.15) is 13.2 Å². The van der Waals surface area contributed by atoms with Gasteiger partial charge in [0.2, 0.25) is 0 Å². The van der Waals surface area contributed by atoms with Crippen LogP contribution in [0.15, 0.2) is 0 Å². The zero-order chi connectivity index (χ0) is 41.9. The van der Waals surface area contributed by atoms with Crippen LogP contribution in [0.2, 0.25) is 0 Å². The predicted octanol–water partition coefficient (Wildman–Crippen LogP) is 16.1. The Morgan fingerprint density at radius 1 is 0.351 bits per heavy atom. The van der Waals surface area contributed by atoms with Crippen molar-refractivity contribution in [3.05, 3.63) is 0 Å². The Bertz CT molecular complexity index is 874. The Balaban J connectivity index is 4.30. The molecular formula is C51H98O6. The van der Waals surface area contributed by atoms with Gasteiger partial charge in [-0.1, -0.05) is 240 Å². The molecule has 0 aliphatic heterocycles. The van der Waals surface area contributed by atoms with Gasteiger partial charge in [-0.15, -0.1) is 0 Å². The Morgan fingerprint density at radius 3 is 0.912 bits per heavy atom. The minimum Gasteiger partial charge on any atom is -0.462 e. The lowest BCUT2D eigenvalue weighted by Gasteiger charge is -2.18. The molecule has 0 fully saturated rings. The standard InChI is InChI=1S/C51H98O6/c1-6-9-10-11-12-13-14-15-16-17-18-19-20-21-26-33-38-43-51(54)57-48(45-56-50(53)42-37-32-28-27-30-35-40-47(5)8-3)44-55-49(52)41-36-31-25-23-22-24-29-34-39-46(4)7-2/h46-48H,6-45H2,1-5H3/t46?,47?,48-/m1/s1. The quantitative estimate of drug-likeness (QED) is 0.0346. The first-order valence-electron chi connectivity index (χ1n) is 25.3. The third-order valence-electron chi connectivity index (χ3n) is 12.2. The van der Waals surface area contributed by atoms with Crippen LogP contribution >= 0.6 is 0 Å². The number of ether oxygens (including phenoxy) is 3. The van der Waals surface area contributed by atoms with Crippen molar-refractivity contribution in [1.82, 2.24) is 0 Å². The molecular weight excluding hydrogens is 709 g/mol. The maximum Gasteiger partial charge on any atom is 0.306 e. The monoisotopic (exact) mass is 807 g/mol. The van der Waals surface area contributed by atoms with Crippen LogP contribution in [0.3, 0.4) is 0 Å². The molecule has 0 saturated carbocycles. The normalized spacial score (nSPS) is 13.0. The third kappa shape index (κ3) is 42.3. The molecule has 0 heterocycles. The molecule has 0 bridgehead atoms. The zero-order valence-corrected chi connectivity index (χ0v) is 39.0. The highest BCUT2D eigenvalue weighted by atomic mass is 16.6. The van der Waals surface area contributed by atoms with E-state index < -0.39 is 6.10 Å². The van der Waals surface area contributed by atoms with Crippen LogP contribution in [0.1, 0.15) is 279 Å². The highest BCUT2D eigenvalue weighted by Gasteiger charge is 2.19. The molecule has 0 rings (SSSR count). The highest BCUT2D eigenvalue weighted by molar-refractivity contribution is 5.71. The maximum absolute atomic E-state index is 12.8. The number of carbonyl (C=O) groups is 3. The molecule has 0 aromatic heterocycles. The molecule has 0 saturated heterocycles. The van der Waals surface area contributed by atoms with Gasteiger partial charge in [-0.3, -0.25) is 14.4 Å². The van der Waals surface area contributed by atoms with Crippen LogP contribution in [0.25, 0.3) is 0 Å². The molecule has 338 valence electrons. The summed E-state index contributed by atoms with van der Waals surface area (Å²) >= 11 is 0. The lowest BCUT2D eigenvalue weighted by molar-refractivity contribution is -0.167. The fourth-order valence-electron chi connectivity index (χ4n) is 7.57. The number of rotatable bonds is 45. The number of esters is 3. The topological polar surface area (TPSA) is 78.9 Å². The van der Waals surface area contributed by atoms with E-state index in [0.29, 0.717) is 19.3 Å². The molecule has 0 aromatic rings. The Labute approximate surface area is 355 Å². The average Bonchev–Trinajstić information content (AvgIpc) is 3.21.